The summed E-state index contributed by atoms with van der Waals surface area (Å²) in [6, 6.07) is 6.49. The molecule has 0 unspecified atom stereocenters. The van der Waals surface area contributed by atoms with Crippen molar-refractivity contribution in [3.05, 3.63) is 39.9 Å². The average Bonchev–Trinajstić information content (AvgIpc) is 2.83. The van der Waals surface area contributed by atoms with Crippen LogP contribution in [0.25, 0.3) is 0 Å². The van der Waals surface area contributed by atoms with Crippen LogP contribution in [0.4, 0.5) is 5.69 Å². The number of nitrogens with zero attached hydrogens (tertiary/aromatic N) is 1. The molecule has 4 nitrogen and oxygen atoms in total. The summed E-state index contributed by atoms with van der Waals surface area (Å²) in [5.74, 6) is 0. The molecule has 0 bridgehead atoms. The fraction of sp³-hybridized carbons (Fsp3) is 0.333. The van der Waals surface area contributed by atoms with Crippen molar-refractivity contribution in [1.29, 1.82) is 0 Å². The van der Waals surface area contributed by atoms with Crippen molar-refractivity contribution in [2.45, 2.75) is 19.1 Å². The molecule has 0 amide bonds. The Morgan fingerprint density at radius 1 is 1.38 bits per heavy atom. The molecule has 0 aliphatic carbocycles. The van der Waals surface area contributed by atoms with E-state index < -0.39 is 4.92 Å². The van der Waals surface area contributed by atoms with E-state index in [0.717, 1.165) is 5.56 Å². The van der Waals surface area contributed by atoms with E-state index in [9.17, 15) is 10.1 Å². The largest absolute Gasteiger partial charge is 0.365 e. The van der Waals surface area contributed by atoms with Gasteiger partial charge in [0.15, 0.2) is 0 Å². The van der Waals surface area contributed by atoms with Crippen molar-refractivity contribution in [3.8, 4) is 0 Å². The van der Waals surface area contributed by atoms with Crippen LogP contribution in [0.3, 0.4) is 0 Å². The molecular formula is C9H9NO3. The first-order chi connectivity index (χ1) is 6.18. The smallest absolute Gasteiger partial charge is 0.269 e. The quantitative estimate of drug-likeness (QED) is 0.396. The van der Waals surface area contributed by atoms with Gasteiger partial charge >= 0.3 is 0 Å². The molecule has 1 aliphatic rings. The normalized spacial score (nSPS) is 25.6. The number of hydrogen-bond donors (Lipinski definition) is 0. The van der Waals surface area contributed by atoms with Gasteiger partial charge in [-0.2, -0.15) is 0 Å². The van der Waals surface area contributed by atoms with Crippen molar-refractivity contribution in [2.24, 2.45) is 0 Å². The van der Waals surface area contributed by atoms with Crippen LogP contribution < -0.4 is 0 Å². The van der Waals surface area contributed by atoms with Crippen molar-refractivity contribution >= 4 is 5.69 Å². The van der Waals surface area contributed by atoms with Crippen LogP contribution in [0.2, 0.25) is 0 Å². The van der Waals surface area contributed by atoms with Crippen LogP contribution in [-0.4, -0.2) is 11.0 Å². The molecule has 68 valence electrons. The molecule has 0 N–H and O–H groups in total. The SMILES string of the molecule is C[C@@H]1O[C@@H]1c1ccc([N+](=O)[O-])cc1. The zero-order valence-corrected chi connectivity index (χ0v) is 7.14. The Labute approximate surface area is 75.3 Å². The Hall–Kier alpha value is -1.42. The molecule has 2 atom stereocenters. The molecule has 4 heteroatoms. The third kappa shape index (κ3) is 1.53. The number of epoxide rings is 1. The molecule has 1 aromatic carbocycles. The molecule has 1 fully saturated rings. The molecule has 0 saturated carbocycles. The second-order valence-electron chi connectivity index (χ2n) is 3.11. The van der Waals surface area contributed by atoms with Gasteiger partial charge in [-0.25, -0.2) is 0 Å². The highest BCUT2D eigenvalue weighted by Crippen LogP contribution is 2.38. The highest BCUT2D eigenvalue weighted by Gasteiger charge is 2.35. The molecular weight excluding hydrogens is 170 g/mol. The summed E-state index contributed by atoms with van der Waals surface area (Å²) < 4.78 is 5.23. The number of nitro benzene ring substituents is 1. The highest BCUT2D eigenvalue weighted by molar-refractivity contribution is 5.35. The summed E-state index contributed by atoms with van der Waals surface area (Å²) >= 11 is 0. The van der Waals surface area contributed by atoms with Crippen LogP contribution >= 0.6 is 0 Å². The van der Waals surface area contributed by atoms with Gasteiger partial charge in [0.25, 0.3) is 5.69 Å². The Morgan fingerprint density at radius 2 is 1.92 bits per heavy atom. The van der Waals surface area contributed by atoms with E-state index in [2.05, 4.69) is 0 Å². The summed E-state index contributed by atoms with van der Waals surface area (Å²) in [7, 11) is 0. The fourth-order valence-electron chi connectivity index (χ4n) is 1.32. The molecule has 1 aliphatic heterocycles. The van der Waals surface area contributed by atoms with Gasteiger partial charge in [-0.1, -0.05) is 0 Å². The Kier molecular flexibility index (Phi) is 1.77. The van der Waals surface area contributed by atoms with Crippen LogP contribution in [0.15, 0.2) is 24.3 Å². The number of rotatable bonds is 2. The second-order valence-corrected chi connectivity index (χ2v) is 3.11. The topological polar surface area (TPSA) is 55.7 Å². The maximum Gasteiger partial charge on any atom is 0.269 e. The molecule has 1 saturated heterocycles. The van der Waals surface area contributed by atoms with Crippen LogP contribution in [0.1, 0.15) is 18.6 Å². The minimum atomic E-state index is -0.402. The molecule has 0 aromatic heterocycles. The lowest BCUT2D eigenvalue weighted by atomic mass is 10.1. The van der Waals surface area contributed by atoms with Gasteiger partial charge in [-0.15, -0.1) is 0 Å². The highest BCUT2D eigenvalue weighted by atomic mass is 16.6. The lowest BCUT2D eigenvalue weighted by Gasteiger charge is -1.94. The minimum absolute atomic E-state index is 0.122. The minimum Gasteiger partial charge on any atom is -0.365 e. The lowest BCUT2D eigenvalue weighted by Crippen LogP contribution is -1.88. The number of benzene rings is 1. The molecule has 0 radical (unpaired) electrons. The van der Waals surface area contributed by atoms with Gasteiger partial charge in [-0.05, 0) is 24.6 Å². The third-order valence-electron chi connectivity index (χ3n) is 2.14. The Morgan fingerprint density at radius 3 is 2.31 bits per heavy atom. The van der Waals surface area contributed by atoms with E-state index in [0.29, 0.717) is 0 Å². The summed E-state index contributed by atoms with van der Waals surface area (Å²) in [5, 5.41) is 10.3. The van der Waals surface area contributed by atoms with Crippen molar-refractivity contribution in [3.63, 3.8) is 0 Å². The van der Waals surface area contributed by atoms with Gasteiger partial charge in [-0.3, -0.25) is 10.1 Å². The second kappa shape index (κ2) is 2.81. The summed E-state index contributed by atoms with van der Waals surface area (Å²) in [4.78, 5) is 9.93. The third-order valence-corrected chi connectivity index (χ3v) is 2.14. The maximum absolute atomic E-state index is 10.3. The number of hydrogen-bond acceptors (Lipinski definition) is 3. The first-order valence-electron chi connectivity index (χ1n) is 4.08. The summed E-state index contributed by atoms with van der Waals surface area (Å²) in [6.07, 6.45) is 0.391. The van der Waals surface area contributed by atoms with Crippen LogP contribution in [0.5, 0.6) is 0 Å². The number of ether oxygens (including phenoxy) is 1. The number of nitro groups is 1. The van der Waals surface area contributed by atoms with Gasteiger partial charge in [0.05, 0.1) is 11.0 Å². The van der Waals surface area contributed by atoms with Gasteiger partial charge in [0.2, 0.25) is 0 Å². The fourth-order valence-corrected chi connectivity index (χ4v) is 1.32. The van der Waals surface area contributed by atoms with Crippen molar-refractivity contribution in [1.82, 2.24) is 0 Å². The summed E-state index contributed by atoms with van der Waals surface area (Å²) in [6.45, 7) is 1.98. The standard InChI is InChI=1S/C9H9NO3/c1-6-9(13-6)7-2-4-8(5-3-7)10(11)12/h2-6,9H,1H3/t6-,9-/m0/s1. The first kappa shape index (κ1) is 8.19. The Balaban J connectivity index is 2.19. The predicted octanol–water partition coefficient (Wildman–Crippen LogP) is 2.05. The van der Waals surface area contributed by atoms with E-state index in [4.69, 9.17) is 4.74 Å². The average molecular weight is 179 g/mol. The predicted molar refractivity (Wildman–Crippen MR) is 46.4 cm³/mol. The first-order valence-corrected chi connectivity index (χ1v) is 4.08. The van der Waals surface area contributed by atoms with Crippen LogP contribution in [-0.2, 0) is 4.74 Å². The molecule has 13 heavy (non-hydrogen) atoms. The Bertz CT molecular complexity index is 333. The monoisotopic (exact) mass is 179 g/mol. The van der Waals surface area contributed by atoms with Gasteiger partial charge < -0.3 is 4.74 Å². The lowest BCUT2D eigenvalue weighted by molar-refractivity contribution is -0.384. The molecule has 1 aromatic rings. The van der Waals surface area contributed by atoms with E-state index in [1.165, 1.54) is 12.1 Å². The maximum atomic E-state index is 10.3. The number of non-ortho nitro benzene ring substituents is 1. The van der Waals surface area contributed by atoms with E-state index in [1.807, 2.05) is 6.92 Å². The molecule has 0 spiro atoms. The zero-order valence-electron chi connectivity index (χ0n) is 7.14. The zero-order chi connectivity index (χ0) is 9.42. The van der Waals surface area contributed by atoms with Gasteiger partial charge in [0.1, 0.15) is 6.10 Å². The van der Waals surface area contributed by atoms with E-state index in [-0.39, 0.29) is 17.9 Å². The van der Waals surface area contributed by atoms with E-state index in [1.54, 1.807) is 12.1 Å². The van der Waals surface area contributed by atoms with Gasteiger partial charge in [0, 0.05) is 12.1 Å². The van der Waals surface area contributed by atoms with E-state index >= 15 is 0 Å². The van der Waals surface area contributed by atoms with Crippen molar-refractivity contribution < 1.29 is 9.66 Å². The molecule has 1 heterocycles. The van der Waals surface area contributed by atoms with Crippen LogP contribution in [0, 0.1) is 10.1 Å². The molecule has 2 rings (SSSR count). The summed E-state index contributed by atoms with van der Waals surface area (Å²) in [5.41, 5.74) is 1.13. The van der Waals surface area contributed by atoms with Crippen molar-refractivity contribution in [2.75, 3.05) is 0 Å².